The van der Waals surface area contributed by atoms with E-state index in [9.17, 15) is 12.8 Å². The van der Waals surface area contributed by atoms with Crippen LogP contribution in [-0.4, -0.2) is 71.8 Å². The van der Waals surface area contributed by atoms with Gasteiger partial charge in [-0.1, -0.05) is 35.7 Å². The summed E-state index contributed by atoms with van der Waals surface area (Å²) in [6.07, 6.45) is 10.9. The third kappa shape index (κ3) is 5.81. The zero-order valence-electron chi connectivity index (χ0n) is 19.4. The van der Waals surface area contributed by atoms with Crippen molar-refractivity contribution in [2.45, 2.75) is 19.1 Å². The Morgan fingerprint density at radius 1 is 1.20 bits per heavy atom. The van der Waals surface area contributed by atoms with Crippen LogP contribution in [0.2, 0.25) is 5.02 Å². The summed E-state index contributed by atoms with van der Waals surface area (Å²) in [4.78, 5) is 8.80. The second-order valence-electron chi connectivity index (χ2n) is 8.41. The molecule has 184 valence electrons. The summed E-state index contributed by atoms with van der Waals surface area (Å²) in [7, 11) is -3.36. The molecule has 3 aromatic rings. The van der Waals surface area contributed by atoms with Gasteiger partial charge in [0.05, 0.1) is 41.2 Å². The Balaban J connectivity index is 1.58. The van der Waals surface area contributed by atoms with Gasteiger partial charge in [-0.25, -0.2) is 17.5 Å². The molecule has 0 radical (unpaired) electrons. The van der Waals surface area contributed by atoms with E-state index in [1.54, 1.807) is 25.5 Å². The average Bonchev–Trinajstić information content (AvgIpc) is 3.32. The van der Waals surface area contributed by atoms with Gasteiger partial charge in [0.1, 0.15) is 17.2 Å². The lowest BCUT2D eigenvalue weighted by Gasteiger charge is -2.35. The van der Waals surface area contributed by atoms with E-state index in [0.717, 1.165) is 37.4 Å². The number of terminal acetylenes is 1. The molecule has 1 fully saturated rings. The van der Waals surface area contributed by atoms with E-state index in [0.29, 0.717) is 24.2 Å². The van der Waals surface area contributed by atoms with Crippen LogP contribution in [0.1, 0.15) is 18.9 Å². The van der Waals surface area contributed by atoms with Crippen molar-refractivity contribution in [1.29, 1.82) is 0 Å². The SMILES string of the molecule is C#CCN1CCN(c2cncc(-c3cn(-c4c(F)ccc(CS(=O)(=O)CCC)c4Cl)nn3)c2)CC1. The van der Waals surface area contributed by atoms with Crippen molar-refractivity contribution in [2.24, 2.45) is 0 Å². The van der Waals surface area contributed by atoms with Crippen LogP contribution >= 0.6 is 11.6 Å². The van der Waals surface area contributed by atoms with Gasteiger partial charge in [0.2, 0.25) is 0 Å². The second-order valence-corrected chi connectivity index (χ2v) is 11.0. The Morgan fingerprint density at radius 3 is 2.69 bits per heavy atom. The number of sulfone groups is 1. The minimum atomic E-state index is -3.36. The molecule has 0 spiro atoms. The summed E-state index contributed by atoms with van der Waals surface area (Å²) < 4.78 is 40.5. The van der Waals surface area contributed by atoms with Gasteiger partial charge in [0, 0.05) is 37.9 Å². The van der Waals surface area contributed by atoms with Crippen LogP contribution in [0.15, 0.2) is 36.8 Å². The normalized spacial score (nSPS) is 14.7. The number of piperazine rings is 1. The summed E-state index contributed by atoms with van der Waals surface area (Å²) >= 11 is 6.44. The van der Waals surface area contributed by atoms with Crippen LogP contribution in [0.25, 0.3) is 16.9 Å². The van der Waals surface area contributed by atoms with Gasteiger partial charge >= 0.3 is 0 Å². The van der Waals surface area contributed by atoms with Crippen LogP contribution in [-0.2, 0) is 15.6 Å². The Morgan fingerprint density at radius 2 is 1.97 bits per heavy atom. The second kappa shape index (κ2) is 10.7. The third-order valence-electron chi connectivity index (χ3n) is 5.83. The van der Waals surface area contributed by atoms with Gasteiger partial charge < -0.3 is 4.90 Å². The van der Waals surface area contributed by atoms with Gasteiger partial charge in [-0.2, -0.15) is 0 Å². The molecule has 0 aliphatic carbocycles. The summed E-state index contributed by atoms with van der Waals surface area (Å²) in [5.74, 6) is 1.82. The predicted molar refractivity (Wildman–Crippen MR) is 135 cm³/mol. The molecule has 35 heavy (non-hydrogen) atoms. The molecule has 1 aliphatic heterocycles. The highest BCUT2D eigenvalue weighted by molar-refractivity contribution is 7.90. The fourth-order valence-electron chi connectivity index (χ4n) is 4.06. The van der Waals surface area contributed by atoms with Gasteiger partial charge in [-0.15, -0.1) is 11.5 Å². The Kier molecular flexibility index (Phi) is 7.69. The molecule has 8 nitrogen and oxygen atoms in total. The first kappa shape index (κ1) is 25.1. The maximum atomic E-state index is 14.7. The third-order valence-corrected chi connectivity index (χ3v) is 8.03. The van der Waals surface area contributed by atoms with Crippen molar-refractivity contribution in [2.75, 3.05) is 43.4 Å². The molecule has 0 N–H and O–H groups in total. The summed E-state index contributed by atoms with van der Waals surface area (Å²) in [6, 6.07) is 4.55. The zero-order valence-corrected chi connectivity index (χ0v) is 20.9. The minimum Gasteiger partial charge on any atom is -0.368 e. The quantitative estimate of drug-likeness (QED) is 0.425. The van der Waals surface area contributed by atoms with E-state index >= 15 is 0 Å². The minimum absolute atomic E-state index is 0.00200. The van der Waals surface area contributed by atoms with Crippen molar-refractivity contribution in [3.05, 3.63) is 53.2 Å². The molecule has 3 heterocycles. The van der Waals surface area contributed by atoms with Gasteiger partial charge in [0.25, 0.3) is 0 Å². The van der Waals surface area contributed by atoms with Gasteiger partial charge in [-0.3, -0.25) is 9.88 Å². The smallest absolute Gasteiger partial charge is 0.154 e. The zero-order chi connectivity index (χ0) is 25.0. The maximum Gasteiger partial charge on any atom is 0.154 e. The number of pyridine rings is 1. The highest BCUT2D eigenvalue weighted by atomic mass is 35.5. The van der Waals surface area contributed by atoms with Crippen LogP contribution in [0.3, 0.4) is 0 Å². The molecule has 0 amide bonds. The van der Waals surface area contributed by atoms with E-state index in [1.807, 2.05) is 6.07 Å². The van der Waals surface area contributed by atoms with Crippen molar-refractivity contribution in [1.82, 2.24) is 24.9 Å². The monoisotopic (exact) mass is 516 g/mol. The van der Waals surface area contributed by atoms with Crippen LogP contribution in [0, 0.1) is 18.2 Å². The number of benzene rings is 1. The maximum absolute atomic E-state index is 14.7. The van der Waals surface area contributed by atoms with Crippen molar-refractivity contribution in [3.8, 4) is 29.3 Å². The van der Waals surface area contributed by atoms with E-state index in [4.69, 9.17) is 18.0 Å². The molecule has 0 saturated carbocycles. The number of hydrogen-bond acceptors (Lipinski definition) is 7. The Bertz CT molecular complexity index is 1350. The largest absolute Gasteiger partial charge is 0.368 e. The lowest BCUT2D eigenvalue weighted by atomic mass is 10.2. The van der Waals surface area contributed by atoms with Crippen LogP contribution in [0.5, 0.6) is 0 Å². The van der Waals surface area contributed by atoms with Crippen molar-refractivity contribution in [3.63, 3.8) is 0 Å². The van der Waals surface area contributed by atoms with Crippen LogP contribution < -0.4 is 4.90 Å². The number of anilines is 1. The lowest BCUT2D eigenvalue weighted by molar-refractivity contribution is 0.288. The summed E-state index contributed by atoms with van der Waals surface area (Å²) in [5, 5.41) is 8.24. The van der Waals surface area contributed by atoms with E-state index < -0.39 is 15.7 Å². The fourth-order valence-corrected chi connectivity index (χ4v) is 5.93. The number of halogens is 2. The van der Waals surface area contributed by atoms with Gasteiger partial charge in [0.15, 0.2) is 9.84 Å². The molecule has 1 aromatic carbocycles. The molecule has 0 bridgehead atoms. The van der Waals surface area contributed by atoms with Crippen LogP contribution in [0.4, 0.5) is 10.1 Å². The molecule has 1 aliphatic rings. The molecular formula is C24H26ClFN6O2S. The van der Waals surface area contributed by atoms with E-state index in [1.165, 1.54) is 16.8 Å². The first-order chi connectivity index (χ1) is 16.8. The molecule has 11 heteroatoms. The van der Waals surface area contributed by atoms with Crippen molar-refractivity contribution < 1.29 is 12.8 Å². The van der Waals surface area contributed by atoms with E-state index in [2.05, 4.69) is 31.0 Å². The number of aromatic nitrogens is 4. The molecule has 4 rings (SSSR count). The molecular weight excluding hydrogens is 491 g/mol. The number of rotatable bonds is 8. The fraction of sp³-hybridized carbons (Fsp3) is 0.375. The highest BCUT2D eigenvalue weighted by Crippen LogP contribution is 2.30. The standard InChI is InChI=1S/C24H26ClFN6O2S/c1-3-7-30-8-10-31(11-9-30)20-13-19(14-27-15-20)22-16-32(29-28-22)24-21(26)6-5-18(23(24)25)17-35(33,34)12-4-2/h1,5-6,13-16H,4,7-12,17H2,2H3. The average molecular weight is 517 g/mol. The van der Waals surface area contributed by atoms with E-state index in [-0.39, 0.29) is 22.2 Å². The molecule has 2 aromatic heterocycles. The molecule has 0 atom stereocenters. The summed E-state index contributed by atoms with van der Waals surface area (Å²) in [6.45, 7) is 5.82. The topological polar surface area (TPSA) is 84.2 Å². The first-order valence-electron chi connectivity index (χ1n) is 11.3. The van der Waals surface area contributed by atoms with Crippen molar-refractivity contribution >= 4 is 27.1 Å². The molecule has 0 unspecified atom stereocenters. The summed E-state index contributed by atoms with van der Waals surface area (Å²) in [5.41, 5.74) is 2.44. The predicted octanol–water partition coefficient (Wildman–Crippen LogP) is 3.20. The Hall–Kier alpha value is -3.00. The number of nitrogens with zero attached hydrogens (tertiary/aromatic N) is 6. The Labute approximate surface area is 209 Å². The highest BCUT2D eigenvalue weighted by Gasteiger charge is 2.21. The first-order valence-corrected chi connectivity index (χ1v) is 13.5. The molecule has 1 saturated heterocycles. The van der Waals surface area contributed by atoms with Gasteiger partial charge in [-0.05, 0) is 24.1 Å². The lowest BCUT2D eigenvalue weighted by Crippen LogP contribution is -2.46. The number of hydrogen-bond donors (Lipinski definition) is 0.